The van der Waals surface area contributed by atoms with Crippen LogP contribution in [-0.2, 0) is 0 Å². The van der Waals surface area contributed by atoms with Gasteiger partial charge >= 0.3 is 0 Å². The molecular formula is C48H31NS. The summed E-state index contributed by atoms with van der Waals surface area (Å²) in [4.78, 5) is 2.47. The molecule has 2 heteroatoms. The summed E-state index contributed by atoms with van der Waals surface area (Å²) in [5, 5.41) is 10.1. The highest BCUT2D eigenvalue weighted by molar-refractivity contribution is 7.25. The minimum atomic E-state index is 1.11. The molecule has 0 aliphatic rings. The van der Waals surface area contributed by atoms with Crippen molar-refractivity contribution in [2.24, 2.45) is 0 Å². The molecule has 0 aliphatic heterocycles. The standard InChI is InChI=1S/C48H31NS/c1-3-15-37-32(12-1)14-11-21-38(37)33-24-27-36(28-25-33)49(46-31-34-13-2-4-16-39(34)41-18-5-6-19-42(41)46)45-22-9-7-17-40(45)35-26-29-48-44(30-35)43-20-8-10-23-47(43)50-48/h1-31H. The lowest BCUT2D eigenvalue weighted by molar-refractivity contribution is 1.30. The van der Waals surface area contributed by atoms with Gasteiger partial charge in [0.2, 0.25) is 0 Å². The number of hydrogen-bond acceptors (Lipinski definition) is 2. The molecule has 0 N–H and O–H groups in total. The zero-order chi connectivity index (χ0) is 33.0. The quantitative estimate of drug-likeness (QED) is 0.167. The van der Waals surface area contributed by atoms with E-state index in [0.29, 0.717) is 0 Å². The zero-order valence-electron chi connectivity index (χ0n) is 27.3. The summed E-state index contributed by atoms with van der Waals surface area (Å²) in [6.07, 6.45) is 0. The first-order chi connectivity index (χ1) is 24.8. The van der Waals surface area contributed by atoms with Gasteiger partial charge in [-0.1, -0.05) is 146 Å². The van der Waals surface area contributed by atoms with Crippen LogP contribution in [0.15, 0.2) is 188 Å². The second kappa shape index (κ2) is 11.7. The van der Waals surface area contributed by atoms with Crippen molar-refractivity contribution in [2.75, 3.05) is 4.90 Å². The van der Waals surface area contributed by atoms with E-state index in [2.05, 4.69) is 193 Å². The van der Waals surface area contributed by atoms with E-state index in [0.717, 1.165) is 17.1 Å². The van der Waals surface area contributed by atoms with Crippen LogP contribution >= 0.6 is 11.3 Å². The predicted molar refractivity (Wildman–Crippen MR) is 217 cm³/mol. The molecule has 50 heavy (non-hydrogen) atoms. The van der Waals surface area contributed by atoms with Crippen molar-refractivity contribution in [1.29, 1.82) is 0 Å². The van der Waals surface area contributed by atoms with E-state index in [1.165, 1.54) is 74.7 Å². The maximum Gasteiger partial charge on any atom is 0.0546 e. The molecule has 234 valence electrons. The number of hydrogen-bond donors (Lipinski definition) is 0. The third-order valence-corrected chi connectivity index (χ3v) is 11.2. The Balaban J connectivity index is 1.21. The SMILES string of the molecule is c1ccc(N(c2ccc(-c3cccc4ccccc34)cc2)c2cc3ccccc3c3ccccc23)c(-c2ccc3sc4ccccc4c3c2)c1. The molecule has 10 aromatic rings. The number of anilines is 3. The van der Waals surface area contributed by atoms with Crippen LogP contribution in [-0.4, -0.2) is 0 Å². The van der Waals surface area contributed by atoms with Gasteiger partial charge in [0.25, 0.3) is 0 Å². The molecule has 0 radical (unpaired) electrons. The van der Waals surface area contributed by atoms with Gasteiger partial charge in [0.1, 0.15) is 0 Å². The van der Waals surface area contributed by atoms with Crippen molar-refractivity contribution in [1.82, 2.24) is 0 Å². The Kier molecular flexibility index (Phi) is 6.75. The highest BCUT2D eigenvalue weighted by Crippen LogP contribution is 2.46. The van der Waals surface area contributed by atoms with E-state index in [9.17, 15) is 0 Å². The van der Waals surface area contributed by atoms with Crippen molar-refractivity contribution in [2.45, 2.75) is 0 Å². The monoisotopic (exact) mass is 653 g/mol. The molecule has 10 rings (SSSR count). The molecule has 1 aromatic heterocycles. The maximum atomic E-state index is 2.47. The van der Waals surface area contributed by atoms with Crippen LogP contribution in [0.2, 0.25) is 0 Å². The van der Waals surface area contributed by atoms with Crippen LogP contribution in [0.1, 0.15) is 0 Å². The predicted octanol–water partition coefficient (Wildman–Crippen LogP) is 14.3. The van der Waals surface area contributed by atoms with E-state index in [-0.39, 0.29) is 0 Å². The summed E-state index contributed by atoms with van der Waals surface area (Å²) in [6.45, 7) is 0. The van der Waals surface area contributed by atoms with Crippen LogP contribution in [0, 0.1) is 0 Å². The number of fused-ring (bicyclic) bond motifs is 7. The fourth-order valence-corrected chi connectivity index (χ4v) is 8.79. The van der Waals surface area contributed by atoms with Gasteiger partial charge in [0.15, 0.2) is 0 Å². The Morgan fingerprint density at radius 3 is 1.78 bits per heavy atom. The molecule has 0 saturated heterocycles. The van der Waals surface area contributed by atoms with Crippen molar-refractivity contribution >= 4 is 80.9 Å². The van der Waals surface area contributed by atoms with E-state index in [1.807, 2.05) is 11.3 Å². The summed E-state index contributed by atoms with van der Waals surface area (Å²) >= 11 is 1.86. The molecule has 0 unspecified atom stereocenters. The van der Waals surface area contributed by atoms with Gasteiger partial charge in [-0.2, -0.15) is 0 Å². The number of thiophene rings is 1. The first kappa shape index (κ1) is 28.8. The fourth-order valence-electron chi connectivity index (χ4n) is 7.70. The second-order valence-corrected chi connectivity index (χ2v) is 14.0. The largest absolute Gasteiger partial charge is 0.309 e. The highest BCUT2D eigenvalue weighted by Gasteiger charge is 2.21. The smallest absolute Gasteiger partial charge is 0.0546 e. The lowest BCUT2D eigenvalue weighted by Crippen LogP contribution is -2.12. The molecule has 1 nitrogen and oxygen atoms in total. The summed E-state index contributed by atoms with van der Waals surface area (Å²) in [5.41, 5.74) is 8.27. The topological polar surface area (TPSA) is 3.24 Å². The van der Waals surface area contributed by atoms with Crippen LogP contribution in [0.25, 0.3) is 74.7 Å². The molecule has 0 bridgehead atoms. The molecule has 0 aliphatic carbocycles. The summed E-state index contributed by atoms with van der Waals surface area (Å²) < 4.78 is 2.64. The van der Waals surface area contributed by atoms with Crippen LogP contribution in [0.4, 0.5) is 17.1 Å². The first-order valence-corrected chi connectivity index (χ1v) is 17.9. The number of para-hydroxylation sites is 1. The van der Waals surface area contributed by atoms with Gasteiger partial charge in [-0.15, -0.1) is 11.3 Å². The third kappa shape index (κ3) is 4.69. The van der Waals surface area contributed by atoms with Crippen molar-refractivity contribution in [3.05, 3.63) is 188 Å². The molecule has 0 atom stereocenters. The first-order valence-electron chi connectivity index (χ1n) is 17.1. The van der Waals surface area contributed by atoms with Gasteiger partial charge in [-0.3, -0.25) is 0 Å². The van der Waals surface area contributed by atoms with E-state index < -0.39 is 0 Å². The molecule has 0 amide bonds. The summed E-state index contributed by atoms with van der Waals surface area (Å²) in [7, 11) is 0. The maximum absolute atomic E-state index is 2.47. The Labute approximate surface area is 294 Å². The minimum absolute atomic E-state index is 1.11. The normalized spacial score (nSPS) is 11.6. The van der Waals surface area contributed by atoms with E-state index in [1.54, 1.807) is 0 Å². The molecule has 9 aromatic carbocycles. The number of rotatable bonds is 5. The lowest BCUT2D eigenvalue weighted by Gasteiger charge is -2.30. The average molecular weight is 654 g/mol. The third-order valence-electron chi connectivity index (χ3n) is 10.0. The van der Waals surface area contributed by atoms with Gasteiger partial charge in [-0.25, -0.2) is 0 Å². The Hall–Kier alpha value is -6.22. The average Bonchev–Trinajstić information content (AvgIpc) is 3.56. The Morgan fingerprint density at radius 2 is 0.920 bits per heavy atom. The lowest BCUT2D eigenvalue weighted by atomic mass is 9.96. The van der Waals surface area contributed by atoms with Gasteiger partial charge in [0.05, 0.1) is 11.4 Å². The molecular weight excluding hydrogens is 623 g/mol. The van der Waals surface area contributed by atoms with Crippen molar-refractivity contribution < 1.29 is 0 Å². The number of nitrogens with zero attached hydrogens (tertiary/aromatic N) is 1. The molecule has 1 heterocycles. The van der Waals surface area contributed by atoms with Crippen LogP contribution in [0.5, 0.6) is 0 Å². The minimum Gasteiger partial charge on any atom is -0.309 e. The van der Waals surface area contributed by atoms with Gasteiger partial charge < -0.3 is 4.90 Å². The molecule has 0 fully saturated rings. The van der Waals surface area contributed by atoms with Gasteiger partial charge in [0, 0.05) is 36.8 Å². The van der Waals surface area contributed by atoms with Gasteiger partial charge in [-0.05, 0) is 86.1 Å². The van der Waals surface area contributed by atoms with E-state index in [4.69, 9.17) is 0 Å². The molecule has 0 spiro atoms. The zero-order valence-corrected chi connectivity index (χ0v) is 28.1. The Morgan fingerprint density at radius 1 is 0.320 bits per heavy atom. The van der Waals surface area contributed by atoms with E-state index >= 15 is 0 Å². The van der Waals surface area contributed by atoms with Crippen LogP contribution < -0.4 is 4.90 Å². The second-order valence-electron chi connectivity index (χ2n) is 12.9. The highest BCUT2D eigenvalue weighted by atomic mass is 32.1. The fraction of sp³-hybridized carbons (Fsp3) is 0. The Bertz CT molecular complexity index is 2870. The van der Waals surface area contributed by atoms with Crippen molar-refractivity contribution in [3.63, 3.8) is 0 Å². The van der Waals surface area contributed by atoms with Crippen molar-refractivity contribution in [3.8, 4) is 22.3 Å². The summed E-state index contributed by atoms with van der Waals surface area (Å²) in [5.74, 6) is 0. The summed E-state index contributed by atoms with van der Waals surface area (Å²) in [6, 6.07) is 68.8. The number of benzene rings is 9. The molecule has 0 saturated carbocycles. The van der Waals surface area contributed by atoms with Crippen LogP contribution in [0.3, 0.4) is 0 Å².